The monoisotopic (exact) mass is 323 g/mol. The van der Waals surface area contributed by atoms with Gasteiger partial charge in [0.15, 0.2) is 0 Å². The lowest BCUT2D eigenvalue weighted by Gasteiger charge is -2.14. The van der Waals surface area contributed by atoms with Gasteiger partial charge in [-0.2, -0.15) is 0 Å². The van der Waals surface area contributed by atoms with E-state index in [4.69, 9.17) is 34.3 Å². The fourth-order valence-electron chi connectivity index (χ4n) is 1.85. The highest BCUT2D eigenvalue weighted by atomic mass is 35.5. The van der Waals surface area contributed by atoms with E-state index in [9.17, 15) is 0 Å². The summed E-state index contributed by atoms with van der Waals surface area (Å²) < 4.78 is 5.96. The van der Waals surface area contributed by atoms with Crippen LogP contribution in [0.15, 0.2) is 41.3 Å². The SMILES string of the molecule is CSc1cccc(Oc2ccc(Cl)cc2C)c1C(N)=S. The number of thiocarbonyl (C=S) groups is 1. The molecule has 20 heavy (non-hydrogen) atoms. The smallest absolute Gasteiger partial charge is 0.138 e. The van der Waals surface area contributed by atoms with Gasteiger partial charge >= 0.3 is 0 Å². The van der Waals surface area contributed by atoms with Gasteiger partial charge in [-0.15, -0.1) is 11.8 Å². The van der Waals surface area contributed by atoms with Gasteiger partial charge in [-0.1, -0.05) is 29.9 Å². The Morgan fingerprint density at radius 2 is 2.00 bits per heavy atom. The van der Waals surface area contributed by atoms with E-state index in [1.165, 1.54) is 0 Å². The molecule has 0 fully saturated rings. The summed E-state index contributed by atoms with van der Waals surface area (Å²) in [7, 11) is 0. The van der Waals surface area contributed by atoms with E-state index in [0.717, 1.165) is 21.8 Å². The molecule has 0 unspecified atom stereocenters. The fourth-order valence-corrected chi connectivity index (χ4v) is 2.99. The van der Waals surface area contributed by atoms with E-state index < -0.39 is 0 Å². The van der Waals surface area contributed by atoms with Gasteiger partial charge in [0.25, 0.3) is 0 Å². The third-order valence-corrected chi connectivity index (χ3v) is 4.03. The zero-order valence-corrected chi connectivity index (χ0v) is 13.5. The van der Waals surface area contributed by atoms with Crippen molar-refractivity contribution >= 4 is 40.6 Å². The number of hydrogen-bond acceptors (Lipinski definition) is 3. The van der Waals surface area contributed by atoms with Crippen LogP contribution < -0.4 is 10.5 Å². The van der Waals surface area contributed by atoms with Crippen LogP contribution in [0, 0.1) is 6.92 Å². The lowest BCUT2D eigenvalue weighted by atomic mass is 10.2. The molecule has 104 valence electrons. The Bertz CT molecular complexity index is 658. The van der Waals surface area contributed by atoms with Crippen molar-refractivity contribution in [2.75, 3.05) is 6.26 Å². The average Bonchev–Trinajstić information content (AvgIpc) is 2.41. The number of aryl methyl sites for hydroxylation is 1. The van der Waals surface area contributed by atoms with Gasteiger partial charge in [-0.25, -0.2) is 0 Å². The van der Waals surface area contributed by atoms with Crippen molar-refractivity contribution in [2.45, 2.75) is 11.8 Å². The Morgan fingerprint density at radius 1 is 1.25 bits per heavy atom. The summed E-state index contributed by atoms with van der Waals surface area (Å²) in [5.41, 5.74) is 7.55. The molecule has 0 saturated heterocycles. The average molecular weight is 324 g/mol. The molecule has 0 atom stereocenters. The first-order valence-corrected chi connectivity index (χ1v) is 7.95. The molecule has 2 rings (SSSR count). The summed E-state index contributed by atoms with van der Waals surface area (Å²) in [6.45, 7) is 1.94. The predicted molar refractivity (Wildman–Crippen MR) is 90.4 cm³/mol. The minimum atomic E-state index is 0.330. The highest BCUT2D eigenvalue weighted by molar-refractivity contribution is 7.98. The van der Waals surface area contributed by atoms with Gasteiger partial charge in [-0.05, 0) is 49.1 Å². The normalized spacial score (nSPS) is 10.3. The third kappa shape index (κ3) is 3.26. The van der Waals surface area contributed by atoms with Gasteiger partial charge in [0, 0.05) is 9.92 Å². The first kappa shape index (κ1) is 15.2. The van der Waals surface area contributed by atoms with Crippen LogP contribution in [0.1, 0.15) is 11.1 Å². The summed E-state index contributed by atoms with van der Waals surface area (Å²) in [6.07, 6.45) is 1.98. The van der Waals surface area contributed by atoms with Crippen molar-refractivity contribution in [2.24, 2.45) is 5.73 Å². The Hall–Kier alpha value is -1.23. The largest absolute Gasteiger partial charge is 0.456 e. The lowest BCUT2D eigenvalue weighted by molar-refractivity contribution is 0.476. The van der Waals surface area contributed by atoms with Crippen LogP contribution in [0.2, 0.25) is 5.02 Å². The minimum absolute atomic E-state index is 0.330. The van der Waals surface area contributed by atoms with E-state index >= 15 is 0 Å². The molecule has 0 aliphatic rings. The number of halogens is 1. The van der Waals surface area contributed by atoms with Crippen LogP contribution >= 0.6 is 35.6 Å². The summed E-state index contributed by atoms with van der Waals surface area (Å²) in [4.78, 5) is 1.33. The summed E-state index contributed by atoms with van der Waals surface area (Å²) in [6, 6.07) is 11.3. The van der Waals surface area contributed by atoms with Crippen LogP contribution in [0.3, 0.4) is 0 Å². The highest BCUT2D eigenvalue weighted by Gasteiger charge is 2.13. The molecule has 2 nitrogen and oxygen atoms in total. The molecule has 2 N–H and O–H groups in total. The van der Waals surface area contributed by atoms with E-state index in [1.54, 1.807) is 17.8 Å². The van der Waals surface area contributed by atoms with E-state index in [1.807, 2.05) is 43.5 Å². The van der Waals surface area contributed by atoms with Gasteiger partial charge in [0.2, 0.25) is 0 Å². The summed E-state index contributed by atoms with van der Waals surface area (Å²) >= 11 is 12.7. The molecule has 2 aromatic carbocycles. The van der Waals surface area contributed by atoms with Gasteiger partial charge in [-0.3, -0.25) is 0 Å². The van der Waals surface area contributed by atoms with Crippen LogP contribution in [0.25, 0.3) is 0 Å². The third-order valence-electron chi connectivity index (χ3n) is 2.81. The molecule has 0 aliphatic heterocycles. The molecule has 0 bridgehead atoms. The maximum Gasteiger partial charge on any atom is 0.138 e. The molecular formula is C15H14ClNOS2. The highest BCUT2D eigenvalue weighted by Crippen LogP contribution is 2.33. The van der Waals surface area contributed by atoms with Crippen molar-refractivity contribution in [1.82, 2.24) is 0 Å². The van der Waals surface area contributed by atoms with Gasteiger partial charge in [0.05, 0.1) is 5.56 Å². The number of benzene rings is 2. The molecule has 0 aliphatic carbocycles. The zero-order valence-electron chi connectivity index (χ0n) is 11.1. The molecule has 5 heteroatoms. The number of ether oxygens (including phenoxy) is 1. The topological polar surface area (TPSA) is 35.2 Å². The Morgan fingerprint density at radius 3 is 2.60 bits per heavy atom. The minimum Gasteiger partial charge on any atom is -0.456 e. The first-order chi connectivity index (χ1) is 9.52. The maximum absolute atomic E-state index is 5.96. The Labute approximate surface area is 133 Å². The van der Waals surface area contributed by atoms with E-state index in [-0.39, 0.29) is 0 Å². The van der Waals surface area contributed by atoms with Crippen molar-refractivity contribution in [3.05, 3.63) is 52.5 Å². The second kappa shape index (κ2) is 6.48. The molecule has 0 heterocycles. The molecule has 0 radical (unpaired) electrons. The van der Waals surface area contributed by atoms with Crippen molar-refractivity contribution in [3.63, 3.8) is 0 Å². The maximum atomic E-state index is 5.96. The van der Waals surface area contributed by atoms with Crippen LogP contribution in [-0.2, 0) is 0 Å². The fraction of sp³-hybridized carbons (Fsp3) is 0.133. The first-order valence-electron chi connectivity index (χ1n) is 5.93. The number of nitrogens with two attached hydrogens (primary N) is 1. The lowest BCUT2D eigenvalue weighted by Crippen LogP contribution is -2.12. The van der Waals surface area contributed by atoms with Gasteiger partial charge in [0.1, 0.15) is 16.5 Å². The second-order valence-electron chi connectivity index (χ2n) is 4.21. The molecule has 0 aromatic heterocycles. The summed E-state index contributed by atoms with van der Waals surface area (Å²) in [5.74, 6) is 1.40. The molecule has 2 aromatic rings. The van der Waals surface area contributed by atoms with E-state index in [0.29, 0.717) is 15.8 Å². The number of thioether (sulfide) groups is 1. The zero-order chi connectivity index (χ0) is 14.7. The Kier molecular flexibility index (Phi) is 4.91. The van der Waals surface area contributed by atoms with E-state index in [2.05, 4.69) is 0 Å². The van der Waals surface area contributed by atoms with Crippen LogP contribution in [-0.4, -0.2) is 11.2 Å². The molecule has 0 amide bonds. The van der Waals surface area contributed by atoms with Crippen LogP contribution in [0.4, 0.5) is 0 Å². The number of hydrogen-bond donors (Lipinski definition) is 1. The quantitative estimate of drug-likeness (QED) is 0.647. The molecule has 0 spiro atoms. The second-order valence-corrected chi connectivity index (χ2v) is 5.93. The van der Waals surface area contributed by atoms with Crippen molar-refractivity contribution in [3.8, 4) is 11.5 Å². The number of rotatable bonds is 4. The van der Waals surface area contributed by atoms with Crippen molar-refractivity contribution in [1.29, 1.82) is 0 Å². The van der Waals surface area contributed by atoms with Crippen molar-refractivity contribution < 1.29 is 4.74 Å². The molecular weight excluding hydrogens is 310 g/mol. The Balaban J connectivity index is 2.45. The standard InChI is InChI=1S/C15H14ClNOS2/c1-9-8-10(16)6-7-11(9)18-12-4-3-5-13(20-2)14(12)15(17)19/h3-8H,1-2H3,(H2,17,19). The van der Waals surface area contributed by atoms with Gasteiger partial charge < -0.3 is 10.5 Å². The molecule has 0 saturated carbocycles. The van der Waals surface area contributed by atoms with Crippen LogP contribution in [0.5, 0.6) is 11.5 Å². The predicted octanol–water partition coefficient (Wildman–Crippen LogP) is 4.80. The summed E-state index contributed by atoms with van der Waals surface area (Å²) in [5, 5.41) is 0.683.